The first-order valence-corrected chi connectivity index (χ1v) is 5.98. The van der Waals surface area contributed by atoms with Crippen LogP contribution in [0.5, 0.6) is 11.5 Å². The van der Waals surface area contributed by atoms with E-state index in [4.69, 9.17) is 9.84 Å². The van der Waals surface area contributed by atoms with Gasteiger partial charge in [-0.25, -0.2) is 0 Å². The van der Waals surface area contributed by atoms with Crippen LogP contribution < -0.4 is 4.74 Å². The van der Waals surface area contributed by atoms with Crippen molar-refractivity contribution in [3.63, 3.8) is 0 Å². The van der Waals surface area contributed by atoms with E-state index >= 15 is 0 Å². The highest BCUT2D eigenvalue weighted by Crippen LogP contribution is 2.24. The highest BCUT2D eigenvalue weighted by molar-refractivity contribution is 5.77. The minimum atomic E-state index is -0.200. The number of phenols is 1. The summed E-state index contributed by atoms with van der Waals surface area (Å²) in [5.74, 6) is 0.0925. The van der Waals surface area contributed by atoms with E-state index in [9.17, 15) is 9.90 Å². The van der Waals surface area contributed by atoms with E-state index in [-0.39, 0.29) is 30.6 Å². The van der Waals surface area contributed by atoms with Crippen LogP contribution in [0.15, 0.2) is 24.3 Å². The van der Waals surface area contributed by atoms with Gasteiger partial charge in [-0.15, -0.1) is 0 Å². The van der Waals surface area contributed by atoms with Gasteiger partial charge >= 0.3 is 0 Å². The smallest absolute Gasteiger partial charge is 0.260 e. The molecule has 5 heteroatoms. The SMILES string of the molecule is CCCN(CCO)C(=O)COc1ccccc1O. The monoisotopic (exact) mass is 253 g/mol. The van der Waals surface area contributed by atoms with Crippen molar-refractivity contribution in [1.82, 2.24) is 4.90 Å². The van der Waals surface area contributed by atoms with Gasteiger partial charge < -0.3 is 19.8 Å². The molecule has 1 rings (SSSR count). The Kier molecular flexibility index (Phi) is 6.00. The molecule has 0 bridgehead atoms. The van der Waals surface area contributed by atoms with Crippen LogP contribution in [-0.2, 0) is 4.79 Å². The summed E-state index contributed by atoms with van der Waals surface area (Å²) in [5, 5.41) is 18.3. The molecule has 0 fully saturated rings. The molecule has 0 radical (unpaired) electrons. The Labute approximate surface area is 107 Å². The largest absolute Gasteiger partial charge is 0.504 e. The van der Waals surface area contributed by atoms with E-state index in [0.29, 0.717) is 13.1 Å². The molecule has 0 aliphatic heterocycles. The van der Waals surface area contributed by atoms with Gasteiger partial charge in [-0.1, -0.05) is 19.1 Å². The maximum atomic E-state index is 11.8. The molecular weight excluding hydrogens is 234 g/mol. The Morgan fingerprint density at radius 3 is 2.67 bits per heavy atom. The number of hydrogen-bond acceptors (Lipinski definition) is 4. The molecule has 0 saturated carbocycles. The molecule has 2 N–H and O–H groups in total. The molecule has 18 heavy (non-hydrogen) atoms. The fourth-order valence-corrected chi connectivity index (χ4v) is 1.56. The lowest BCUT2D eigenvalue weighted by Gasteiger charge is -2.21. The van der Waals surface area contributed by atoms with Crippen molar-refractivity contribution >= 4 is 5.91 Å². The second-order valence-electron chi connectivity index (χ2n) is 3.86. The molecule has 5 nitrogen and oxygen atoms in total. The molecule has 100 valence electrons. The molecular formula is C13H19NO4. The third-order valence-corrected chi connectivity index (χ3v) is 2.43. The molecule has 0 unspecified atom stereocenters. The highest BCUT2D eigenvalue weighted by Gasteiger charge is 2.13. The quantitative estimate of drug-likeness (QED) is 0.760. The predicted molar refractivity (Wildman–Crippen MR) is 67.6 cm³/mol. The number of nitrogens with zero attached hydrogens (tertiary/aromatic N) is 1. The number of amides is 1. The zero-order valence-electron chi connectivity index (χ0n) is 10.5. The van der Waals surface area contributed by atoms with Crippen molar-refractivity contribution in [2.75, 3.05) is 26.3 Å². The van der Waals surface area contributed by atoms with Crippen LogP contribution in [0, 0.1) is 0 Å². The van der Waals surface area contributed by atoms with E-state index < -0.39 is 0 Å². The van der Waals surface area contributed by atoms with Gasteiger partial charge in [0.15, 0.2) is 18.1 Å². The van der Waals surface area contributed by atoms with E-state index in [2.05, 4.69) is 0 Å². The maximum Gasteiger partial charge on any atom is 0.260 e. The van der Waals surface area contributed by atoms with Crippen LogP contribution in [0.1, 0.15) is 13.3 Å². The fourth-order valence-electron chi connectivity index (χ4n) is 1.56. The minimum Gasteiger partial charge on any atom is -0.504 e. The first kappa shape index (κ1) is 14.3. The van der Waals surface area contributed by atoms with E-state index in [1.807, 2.05) is 6.92 Å². The number of carbonyl (C=O) groups is 1. The van der Waals surface area contributed by atoms with Crippen molar-refractivity contribution in [2.24, 2.45) is 0 Å². The second-order valence-corrected chi connectivity index (χ2v) is 3.86. The number of carbonyl (C=O) groups excluding carboxylic acids is 1. The number of aliphatic hydroxyl groups is 1. The van der Waals surface area contributed by atoms with Crippen LogP contribution in [0.25, 0.3) is 0 Å². The normalized spacial score (nSPS) is 10.1. The molecule has 1 aromatic carbocycles. The summed E-state index contributed by atoms with van der Waals surface area (Å²) in [6, 6.07) is 6.49. The van der Waals surface area contributed by atoms with Crippen LogP contribution >= 0.6 is 0 Å². The number of aromatic hydroxyl groups is 1. The molecule has 0 spiro atoms. The van der Waals surface area contributed by atoms with Crippen LogP contribution in [0.3, 0.4) is 0 Å². The zero-order chi connectivity index (χ0) is 13.4. The first-order chi connectivity index (χ1) is 8.69. The van der Waals surface area contributed by atoms with Crippen LogP contribution in [-0.4, -0.2) is 47.3 Å². The standard InChI is InChI=1S/C13H19NO4/c1-2-7-14(8-9-15)13(17)10-18-12-6-4-3-5-11(12)16/h3-6,15-16H,2,7-10H2,1H3. The van der Waals surface area contributed by atoms with Crippen molar-refractivity contribution in [3.8, 4) is 11.5 Å². The first-order valence-electron chi connectivity index (χ1n) is 5.98. The number of hydrogen-bond donors (Lipinski definition) is 2. The average molecular weight is 253 g/mol. The summed E-state index contributed by atoms with van der Waals surface area (Å²) in [5.41, 5.74) is 0. The summed E-state index contributed by atoms with van der Waals surface area (Å²) >= 11 is 0. The Balaban J connectivity index is 2.51. The molecule has 0 aliphatic rings. The second kappa shape index (κ2) is 7.55. The van der Waals surface area contributed by atoms with E-state index in [0.717, 1.165) is 6.42 Å². The molecule has 0 atom stereocenters. The summed E-state index contributed by atoms with van der Waals surface area (Å²) in [7, 11) is 0. The lowest BCUT2D eigenvalue weighted by Crippen LogP contribution is -2.37. The molecule has 0 saturated heterocycles. The van der Waals surface area contributed by atoms with Gasteiger partial charge in [-0.2, -0.15) is 0 Å². The van der Waals surface area contributed by atoms with Crippen molar-refractivity contribution in [2.45, 2.75) is 13.3 Å². The third-order valence-electron chi connectivity index (χ3n) is 2.43. The summed E-state index contributed by atoms with van der Waals surface area (Å²) in [4.78, 5) is 13.4. The third kappa shape index (κ3) is 4.25. The Bertz CT molecular complexity index is 375. The van der Waals surface area contributed by atoms with Crippen molar-refractivity contribution < 1.29 is 19.7 Å². The van der Waals surface area contributed by atoms with E-state index in [1.165, 1.54) is 6.07 Å². The van der Waals surface area contributed by atoms with Gasteiger partial charge in [0.1, 0.15) is 0 Å². The lowest BCUT2D eigenvalue weighted by atomic mass is 10.3. The van der Waals surface area contributed by atoms with Crippen molar-refractivity contribution in [1.29, 1.82) is 0 Å². The Morgan fingerprint density at radius 1 is 1.33 bits per heavy atom. The number of rotatable bonds is 7. The maximum absolute atomic E-state index is 11.8. The zero-order valence-corrected chi connectivity index (χ0v) is 10.5. The van der Waals surface area contributed by atoms with Gasteiger partial charge in [0.05, 0.1) is 6.61 Å². The number of para-hydroxylation sites is 2. The minimum absolute atomic E-state index is 0.00880. The van der Waals surface area contributed by atoms with Gasteiger partial charge in [0.2, 0.25) is 0 Å². The van der Waals surface area contributed by atoms with Crippen LogP contribution in [0.4, 0.5) is 0 Å². The molecule has 0 aliphatic carbocycles. The number of benzene rings is 1. The highest BCUT2D eigenvalue weighted by atomic mass is 16.5. The Hall–Kier alpha value is -1.75. The molecule has 1 aromatic rings. The number of phenolic OH excluding ortho intramolecular Hbond substituents is 1. The molecule has 0 heterocycles. The lowest BCUT2D eigenvalue weighted by molar-refractivity contribution is -0.133. The molecule has 1 amide bonds. The van der Waals surface area contributed by atoms with Crippen LogP contribution in [0.2, 0.25) is 0 Å². The van der Waals surface area contributed by atoms with E-state index in [1.54, 1.807) is 23.1 Å². The fraction of sp³-hybridized carbons (Fsp3) is 0.462. The predicted octanol–water partition coefficient (Wildman–Crippen LogP) is 1.00. The Morgan fingerprint density at radius 2 is 2.06 bits per heavy atom. The average Bonchev–Trinajstić information content (AvgIpc) is 2.37. The number of ether oxygens (including phenoxy) is 1. The topological polar surface area (TPSA) is 70.0 Å². The van der Waals surface area contributed by atoms with Crippen molar-refractivity contribution in [3.05, 3.63) is 24.3 Å². The van der Waals surface area contributed by atoms with Gasteiger partial charge in [0.25, 0.3) is 5.91 Å². The van der Waals surface area contributed by atoms with Gasteiger partial charge in [-0.3, -0.25) is 4.79 Å². The van der Waals surface area contributed by atoms with Gasteiger partial charge in [-0.05, 0) is 18.6 Å². The molecule has 0 aromatic heterocycles. The number of aliphatic hydroxyl groups excluding tert-OH is 1. The van der Waals surface area contributed by atoms with Gasteiger partial charge in [0, 0.05) is 13.1 Å². The summed E-state index contributed by atoms with van der Waals surface area (Å²) in [6.45, 7) is 2.64. The summed E-state index contributed by atoms with van der Waals surface area (Å²) < 4.78 is 5.25. The summed E-state index contributed by atoms with van der Waals surface area (Å²) in [6.07, 6.45) is 0.822.